The van der Waals surface area contributed by atoms with E-state index in [9.17, 15) is 0 Å². The van der Waals surface area contributed by atoms with Gasteiger partial charge >= 0.3 is 6.01 Å². The van der Waals surface area contributed by atoms with Crippen LogP contribution >= 0.6 is 0 Å². The summed E-state index contributed by atoms with van der Waals surface area (Å²) in [5.74, 6) is 1.46. The molecular formula is C15H28N4O. The van der Waals surface area contributed by atoms with E-state index in [1.807, 2.05) is 0 Å². The van der Waals surface area contributed by atoms with Crippen LogP contribution in [0.2, 0.25) is 0 Å². The van der Waals surface area contributed by atoms with Crippen molar-refractivity contribution in [1.29, 1.82) is 0 Å². The molecule has 114 valence electrons. The van der Waals surface area contributed by atoms with Gasteiger partial charge in [0.05, 0.1) is 6.04 Å². The number of nitrogens with one attached hydrogen (secondary N) is 1. The molecule has 0 spiro atoms. The minimum absolute atomic E-state index is 0.124. The molecule has 5 heteroatoms. The van der Waals surface area contributed by atoms with Crippen LogP contribution in [0.3, 0.4) is 0 Å². The van der Waals surface area contributed by atoms with Crippen molar-refractivity contribution in [2.24, 2.45) is 5.92 Å². The molecule has 0 saturated heterocycles. The maximum Gasteiger partial charge on any atom is 0.317 e. The van der Waals surface area contributed by atoms with E-state index < -0.39 is 0 Å². The van der Waals surface area contributed by atoms with E-state index in [4.69, 9.17) is 4.42 Å². The van der Waals surface area contributed by atoms with Crippen LogP contribution in [0.5, 0.6) is 0 Å². The molecule has 0 aromatic carbocycles. The summed E-state index contributed by atoms with van der Waals surface area (Å²) < 4.78 is 5.79. The fourth-order valence-electron chi connectivity index (χ4n) is 2.84. The SMILES string of the molecule is CCCNC(C)c1nnc(N(C)CC2CCCCC2)o1. The first-order chi connectivity index (χ1) is 9.70. The second kappa shape index (κ2) is 7.62. The predicted octanol–water partition coefficient (Wildman–Crippen LogP) is 3.15. The number of anilines is 1. The Kier molecular flexibility index (Phi) is 5.83. The maximum absolute atomic E-state index is 5.79. The Morgan fingerprint density at radius 1 is 1.30 bits per heavy atom. The molecule has 5 nitrogen and oxygen atoms in total. The largest absolute Gasteiger partial charge is 0.406 e. The zero-order valence-electron chi connectivity index (χ0n) is 13.1. The maximum atomic E-state index is 5.79. The molecule has 2 rings (SSSR count). The lowest BCUT2D eigenvalue weighted by molar-refractivity contribution is 0.352. The molecule has 1 saturated carbocycles. The van der Waals surface area contributed by atoms with E-state index in [2.05, 4.69) is 41.3 Å². The summed E-state index contributed by atoms with van der Waals surface area (Å²) in [7, 11) is 2.05. The molecular weight excluding hydrogens is 252 g/mol. The summed E-state index contributed by atoms with van der Waals surface area (Å²) >= 11 is 0. The summed E-state index contributed by atoms with van der Waals surface area (Å²) in [6.07, 6.45) is 7.90. The Morgan fingerprint density at radius 2 is 2.05 bits per heavy atom. The molecule has 0 aliphatic heterocycles. The van der Waals surface area contributed by atoms with Crippen LogP contribution < -0.4 is 10.2 Å². The van der Waals surface area contributed by atoms with Crippen molar-refractivity contribution in [1.82, 2.24) is 15.5 Å². The fourth-order valence-corrected chi connectivity index (χ4v) is 2.84. The second-order valence-electron chi connectivity index (χ2n) is 5.98. The van der Waals surface area contributed by atoms with Gasteiger partial charge in [-0.2, -0.15) is 0 Å². The van der Waals surface area contributed by atoms with Crippen LogP contribution in [0, 0.1) is 5.92 Å². The van der Waals surface area contributed by atoms with Crippen LogP contribution in [0.25, 0.3) is 0 Å². The molecule has 0 radical (unpaired) electrons. The number of aromatic nitrogens is 2. The van der Waals surface area contributed by atoms with E-state index in [0.29, 0.717) is 11.9 Å². The molecule has 1 aliphatic carbocycles. The number of hydrogen-bond donors (Lipinski definition) is 1. The lowest BCUT2D eigenvalue weighted by atomic mass is 9.89. The highest BCUT2D eigenvalue weighted by atomic mass is 16.4. The van der Waals surface area contributed by atoms with Crippen molar-refractivity contribution in [2.75, 3.05) is 25.0 Å². The van der Waals surface area contributed by atoms with Crippen molar-refractivity contribution < 1.29 is 4.42 Å². The fraction of sp³-hybridized carbons (Fsp3) is 0.867. The Hall–Kier alpha value is -1.10. The third-order valence-electron chi connectivity index (χ3n) is 4.08. The third-order valence-corrected chi connectivity index (χ3v) is 4.08. The molecule has 0 bridgehead atoms. The third kappa shape index (κ3) is 4.20. The van der Waals surface area contributed by atoms with E-state index in [1.54, 1.807) is 0 Å². The predicted molar refractivity (Wildman–Crippen MR) is 80.9 cm³/mol. The van der Waals surface area contributed by atoms with Crippen LogP contribution in [-0.2, 0) is 0 Å². The van der Waals surface area contributed by atoms with Crippen LogP contribution in [0.4, 0.5) is 6.01 Å². The Labute approximate surface area is 122 Å². The monoisotopic (exact) mass is 280 g/mol. The first-order valence-corrected chi connectivity index (χ1v) is 7.98. The van der Waals surface area contributed by atoms with Gasteiger partial charge in [0.1, 0.15) is 0 Å². The van der Waals surface area contributed by atoms with Gasteiger partial charge < -0.3 is 14.6 Å². The molecule has 1 fully saturated rings. The first-order valence-electron chi connectivity index (χ1n) is 7.98. The van der Waals surface area contributed by atoms with Gasteiger partial charge in [0, 0.05) is 13.6 Å². The molecule has 1 N–H and O–H groups in total. The van der Waals surface area contributed by atoms with Crippen molar-refractivity contribution in [3.05, 3.63) is 5.89 Å². The van der Waals surface area contributed by atoms with Gasteiger partial charge in [-0.15, -0.1) is 5.10 Å². The Bertz CT molecular complexity index is 387. The number of nitrogens with zero attached hydrogens (tertiary/aromatic N) is 3. The smallest absolute Gasteiger partial charge is 0.317 e. The molecule has 20 heavy (non-hydrogen) atoms. The van der Waals surface area contributed by atoms with Gasteiger partial charge in [0.2, 0.25) is 5.89 Å². The summed E-state index contributed by atoms with van der Waals surface area (Å²) in [5, 5.41) is 11.7. The normalized spacial score (nSPS) is 18.1. The average molecular weight is 280 g/mol. The molecule has 1 atom stereocenters. The van der Waals surface area contributed by atoms with Crippen molar-refractivity contribution in [3.63, 3.8) is 0 Å². The molecule has 1 heterocycles. The average Bonchev–Trinajstić information content (AvgIpc) is 2.96. The van der Waals surface area contributed by atoms with Crippen molar-refractivity contribution in [3.8, 4) is 0 Å². The van der Waals surface area contributed by atoms with Crippen LogP contribution in [-0.4, -0.2) is 30.3 Å². The van der Waals surface area contributed by atoms with Gasteiger partial charge in [0.25, 0.3) is 0 Å². The zero-order valence-corrected chi connectivity index (χ0v) is 13.1. The molecule has 1 aliphatic rings. The highest BCUT2D eigenvalue weighted by Gasteiger charge is 2.20. The molecule has 0 amide bonds. The number of rotatable bonds is 7. The quantitative estimate of drug-likeness (QED) is 0.831. The van der Waals surface area contributed by atoms with Gasteiger partial charge in [-0.25, -0.2) is 0 Å². The minimum Gasteiger partial charge on any atom is -0.406 e. The molecule has 1 aromatic heterocycles. The molecule has 1 unspecified atom stereocenters. The summed E-state index contributed by atoms with van der Waals surface area (Å²) in [4.78, 5) is 2.11. The second-order valence-corrected chi connectivity index (χ2v) is 5.98. The van der Waals surface area contributed by atoms with Crippen molar-refractivity contribution in [2.45, 2.75) is 58.4 Å². The highest BCUT2D eigenvalue weighted by Crippen LogP contribution is 2.25. The lowest BCUT2D eigenvalue weighted by Crippen LogP contribution is -2.27. The topological polar surface area (TPSA) is 54.2 Å². The number of hydrogen-bond acceptors (Lipinski definition) is 5. The van der Waals surface area contributed by atoms with Crippen LogP contribution in [0.15, 0.2) is 4.42 Å². The van der Waals surface area contributed by atoms with E-state index >= 15 is 0 Å². The standard InChI is InChI=1S/C15H28N4O/c1-4-10-16-12(2)14-17-18-15(20-14)19(3)11-13-8-6-5-7-9-13/h12-13,16H,4-11H2,1-3H3. The Morgan fingerprint density at radius 3 is 2.75 bits per heavy atom. The van der Waals surface area contributed by atoms with Gasteiger partial charge in [-0.1, -0.05) is 31.3 Å². The van der Waals surface area contributed by atoms with E-state index in [-0.39, 0.29) is 6.04 Å². The first kappa shape index (κ1) is 15.3. The van der Waals surface area contributed by atoms with Gasteiger partial charge in [0.15, 0.2) is 0 Å². The van der Waals surface area contributed by atoms with Gasteiger partial charge in [-0.3, -0.25) is 0 Å². The van der Waals surface area contributed by atoms with E-state index in [0.717, 1.165) is 25.4 Å². The van der Waals surface area contributed by atoms with Gasteiger partial charge in [-0.05, 0) is 38.6 Å². The van der Waals surface area contributed by atoms with Crippen molar-refractivity contribution >= 4 is 6.01 Å². The summed E-state index contributed by atoms with van der Waals surface area (Å²) in [6, 6.07) is 0.773. The minimum atomic E-state index is 0.124. The Balaban J connectivity index is 1.86. The highest BCUT2D eigenvalue weighted by molar-refractivity contribution is 5.22. The lowest BCUT2D eigenvalue weighted by Gasteiger charge is -2.25. The van der Waals surface area contributed by atoms with Crippen LogP contribution in [0.1, 0.15) is 64.3 Å². The molecule has 1 aromatic rings. The zero-order chi connectivity index (χ0) is 14.4. The summed E-state index contributed by atoms with van der Waals surface area (Å²) in [5.41, 5.74) is 0. The van der Waals surface area contributed by atoms with E-state index in [1.165, 1.54) is 32.1 Å². The summed E-state index contributed by atoms with van der Waals surface area (Å²) in [6.45, 7) is 6.21.